The summed E-state index contributed by atoms with van der Waals surface area (Å²) >= 11 is 3.44. The molecule has 0 aliphatic heterocycles. The summed E-state index contributed by atoms with van der Waals surface area (Å²) in [5.74, 6) is 0.385. The molecule has 0 spiro atoms. The van der Waals surface area contributed by atoms with E-state index in [1.54, 1.807) is 6.08 Å². The van der Waals surface area contributed by atoms with Crippen LogP contribution < -0.4 is 4.74 Å². The maximum atomic E-state index is 11.3. The molecule has 0 unspecified atom stereocenters. The van der Waals surface area contributed by atoms with E-state index in [0.29, 0.717) is 6.61 Å². The molecule has 2 aromatic rings. The first-order chi connectivity index (χ1) is 11.2. The molecule has 0 radical (unpaired) electrons. The monoisotopic (exact) mass is 372 g/mol. The lowest BCUT2D eigenvalue weighted by Crippen LogP contribution is -1.99. The van der Waals surface area contributed by atoms with Gasteiger partial charge in [0.25, 0.3) is 0 Å². The fourth-order valence-corrected chi connectivity index (χ4v) is 2.27. The van der Waals surface area contributed by atoms with Crippen molar-refractivity contribution in [1.29, 1.82) is 0 Å². The first-order valence-electron chi connectivity index (χ1n) is 7.10. The molecule has 118 valence electrons. The number of hydrogen-bond donors (Lipinski definition) is 0. The predicted octanol–water partition coefficient (Wildman–Crippen LogP) is 4.77. The fraction of sp³-hybridized carbons (Fsp3) is 0.105. The Labute approximate surface area is 144 Å². The number of benzene rings is 2. The lowest BCUT2D eigenvalue weighted by molar-refractivity contribution is -0.136. The van der Waals surface area contributed by atoms with E-state index < -0.39 is 0 Å². The molecule has 0 atom stereocenters. The zero-order valence-electron chi connectivity index (χ0n) is 12.6. The average molecular weight is 373 g/mol. The van der Waals surface area contributed by atoms with E-state index in [1.165, 1.54) is 12.2 Å². The highest BCUT2D eigenvalue weighted by atomic mass is 79.9. The standard InChI is InChI=1S/C19H17BrO3/c1-2-12-22-19(21)11-8-15-6-9-18(10-7-15)23-14-16-4-3-5-17(20)13-16/h2-11,13H,1,12,14H2/b11-8+. The molecule has 0 amide bonds. The van der Waals surface area contributed by atoms with Gasteiger partial charge >= 0.3 is 5.97 Å². The largest absolute Gasteiger partial charge is 0.489 e. The molecule has 0 aliphatic carbocycles. The Kier molecular flexibility index (Phi) is 6.63. The lowest BCUT2D eigenvalue weighted by Gasteiger charge is -2.07. The minimum Gasteiger partial charge on any atom is -0.489 e. The van der Waals surface area contributed by atoms with Gasteiger partial charge in [0, 0.05) is 10.5 Å². The van der Waals surface area contributed by atoms with Gasteiger partial charge in [0.15, 0.2) is 0 Å². The maximum absolute atomic E-state index is 11.3. The van der Waals surface area contributed by atoms with Crippen LogP contribution in [0, 0.1) is 0 Å². The van der Waals surface area contributed by atoms with Crippen LogP contribution in [0.5, 0.6) is 5.75 Å². The number of hydrogen-bond acceptors (Lipinski definition) is 3. The van der Waals surface area contributed by atoms with Crippen molar-refractivity contribution in [2.75, 3.05) is 6.61 Å². The Morgan fingerprint density at radius 1 is 1.17 bits per heavy atom. The number of ether oxygens (including phenoxy) is 2. The topological polar surface area (TPSA) is 35.5 Å². The third-order valence-electron chi connectivity index (χ3n) is 2.93. The summed E-state index contributed by atoms with van der Waals surface area (Å²) < 4.78 is 11.6. The van der Waals surface area contributed by atoms with E-state index in [4.69, 9.17) is 9.47 Å². The zero-order valence-corrected chi connectivity index (χ0v) is 14.2. The van der Waals surface area contributed by atoms with Gasteiger partial charge in [-0.15, -0.1) is 0 Å². The van der Waals surface area contributed by atoms with Crippen LogP contribution in [0.3, 0.4) is 0 Å². The van der Waals surface area contributed by atoms with Gasteiger partial charge in [-0.1, -0.05) is 52.9 Å². The third kappa shape index (κ3) is 6.12. The average Bonchev–Trinajstić information content (AvgIpc) is 2.57. The molecule has 0 saturated carbocycles. The lowest BCUT2D eigenvalue weighted by atomic mass is 10.2. The van der Waals surface area contributed by atoms with Crippen LogP contribution in [-0.4, -0.2) is 12.6 Å². The van der Waals surface area contributed by atoms with Crippen molar-refractivity contribution in [3.63, 3.8) is 0 Å². The molecule has 3 nitrogen and oxygen atoms in total. The number of rotatable bonds is 7. The van der Waals surface area contributed by atoms with E-state index >= 15 is 0 Å². The molecule has 0 bridgehead atoms. The molecular formula is C19H17BrO3. The quantitative estimate of drug-likeness (QED) is 0.398. The van der Waals surface area contributed by atoms with Crippen molar-refractivity contribution in [2.45, 2.75) is 6.61 Å². The molecule has 4 heteroatoms. The molecule has 0 aromatic heterocycles. The molecule has 0 aliphatic rings. The Balaban J connectivity index is 1.88. The van der Waals surface area contributed by atoms with E-state index in [-0.39, 0.29) is 12.6 Å². The molecule has 0 saturated heterocycles. The van der Waals surface area contributed by atoms with Gasteiger partial charge in [-0.05, 0) is 41.5 Å². The van der Waals surface area contributed by atoms with Crippen molar-refractivity contribution in [3.8, 4) is 5.75 Å². The SMILES string of the molecule is C=CCOC(=O)/C=C/c1ccc(OCc2cccc(Br)c2)cc1. The summed E-state index contributed by atoms with van der Waals surface area (Å²) in [6.07, 6.45) is 4.62. The van der Waals surface area contributed by atoms with Crippen LogP contribution in [0.4, 0.5) is 0 Å². The van der Waals surface area contributed by atoms with Gasteiger partial charge in [-0.25, -0.2) is 4.79 Å². The normalized spacial score (nSPS) is 10.5. The van der Waals surface area contributed by atoms with Crippen molar-refractivity contribution in [1.82, 2.24) is 0 Å². The molecule has 0 N–H and O–H groups in total. The first kappa shape index (κ1) is 17.0. The van der Waals surface area contributed by atoms with Gasteiger partial charge in [0.2, 0.25) is 0 Å². The highest BCUT2D eigenvalue weighted by Gasteiger charge is 1.98. The summed E-state index contributed by atoms with van der Waals surface area (Å²) in [5.41, 5.74) is 1.99. The smallest absolute Gasteiger partial charge is 0.331 e. The fourth-order valence-electron chi connectivity index (χ4n) is 1.82. The van der Waals surface area contributed by atoms with Crippen LogP contribution in [-0.2, 0) is 16.1 Å². The van der Waals surface area contributed by atoms with Crippen molar-refractivity contribution in [3.05, 3.63) is 82.9 Å². The highest BCUT2D eigenvalue weighted by Crippen LogP contribution is 2.17. The van der Waals surface area contributed by atoms with Crippen LogP contribution in [0.15, 0.2) is 71.7 Å². The molecular weight excluding hydrogens is 356 g/mol. The summed E-state index contributed by atoms with van der Waals surface area (Å²) in [6.45, 7) is 4.20. The zero-order chi connectivity index (χ0) is 16.5. The molecule has 23 heavy (non-hydrogen) atoms. The van der Waals surface area contributed by atoms with Crippen LogP contribution in [0.25, 0.3) is 6.08 Å². The van der Waals surface area contributed by atoms with Gasteiger partial charge < -0.3 is 9.47 Å². The molecule has 0 fully saturated rings. The maximum Gasteiger partial charge on any atom is 0.331 e. The number of halogens is 1. The second-order valence-electron chi connectivity index (χ2n) is 4.74. The van der Waals surface area contributed by atoms with Crippen molar-refractivity contribution < 1.29 is 14.3 Å². The van der Waals surface area contributed by atoms with Gasteiger partial charge in [0.1, 0.15) is 19.0 Å². The highest BCUT2D eigenvalue weighted by molar-refractivity contribution is 9.10. The Morgan fingerprint density at radius 3 is 2.65 bits per heavy atom. The summed E-state index contributed by atoms with van der Waals surface area (Å²) in [4.78, 5) is 11.3. The molecule has 0 heterocycles. The number of carbonyl (C=O) groups is 1. The minimum atomic E-state index is -0.389. The molecule has 2 rings (SSSR count). The van der Waals surface area contributed by atoms with E-state index in [0.717, 1.165) is 21.3 Å². The third-order valence-corrected chi connectivity index (χ3v) is 3.42. The summed E-state index contributed by atoms with van der Waals surface area (Å²) in [7, 11) is 0. The van der Waals surface area contributed by atoms with Crippen molar-refractivity contribution >= 4 is 28.0 Å². The Hall–Kier alpha value is -2.33. The van der Waals surface area contributed by atoms with Crippen molar-refractivity contribution in [2.24, 2.45) is 0 Å². The predicted molar refractivity (Wildman–Crippen MR) is 95.1 cm³/mol. The second-order valence-corrected chi connectivity index (χ2v) is 5.66. The summed E-state index contributed by atoms with van der Waals surface area (Å²) in [5, 5.41) is 0. The van der Waals surface area contributed by atoms with Gasteiger partial charge in [0.05, 0.1) is 0 Å². The van der Waals surface area contributed by atoms with E-state index in [2.05, 4.69) is 22.5 Å². The minimum absolute atomic E-state index is 0.214. The summed E-state index contributed by atoms with van der Waals surface area (Å²) in [6, 6.07) is 15.5. The first-order valence-corrected chi connectivity index (χ1v) is 7.90. The second kappa shape index (κ2) is 8.96. The number of carbonyl (C=O) groups excluding carboxylic acids is 1. The Bertz CT molecular complexity index is 690. The number of esters is 1. The Morgan fingerprint density at radius 2 is 1.96 bits per heavy atom. The van der Waals surface area contributed by atoms with Gasteiger partial charge in [-0.3, -0.25) is 0 Å². The van der Waals surface area contributed by atoms with E-state index in [9.17, 15) is 4.79 Å². The van der Waals surface area contributed by atoms with Crippen LogP contribution in [0.1, 0.15) is 11.1 Å². The van der Waals surface area contributed by atoms with Gasteiger partial charge in [-0.2, -0.15) is 0 Å². The van der Waals surface area contributed by atoms with Crippen LogP contribution in [0.2, 0.25) is 0 Å². The molecule has 2 aromatic carbocycles. The van der Waals surface area contributed by atoms with Crippen LogP contribution >= 0.6 is 15.9 Å². The van der Waals surface area contributed by atoms with E-state index in [1.807, 2.05) is 48.5 Å².